The maximum Gasteiger partial charge on any atom is 0.302 e. The normalized spacial score (nSPS) is 11.4. The highest BCUT2D eigenvalue weighted by atomic mass is 79.9. The molecule has 0 aliphatic heterocycles. The van der Waals surface area contributed by atoms with Crippen LogP contribution in [0.4, 0.5) is 8.78 Å². The van der Waals surface area contributed by atoms with Crippen molar-refractivity contribution in [1.82, 2.24) is 0 Å². The van der Waals surface area contributed by atoms with Gasteiger partial charge in [0.1, 0.15) is 0 Å². The molecule has 0 fully saturated rings. The monoisotopic (exact) mass is 262 g/mol. The Hall–Kier alpha value is -0.770. The molecule has 0 aliphatic rings. The van der Waals surface area contributed by atoms with Crippen LogP contribution in [0, 0.1) is 0 Å². The van der Waals surface area contributed by atoms with Crippen LogP contribution in [0.3, 0.4) is 0 Å². The Balaban J connectivity index is 2.71. The number of hydrogen-bond donors (Lipinski definition) is 0. The molecule has 4 heteroatoms. The van der Waals surface area contributed by atoms with Gasteiger partial charge in [-0.1, -0.05) is 28.1 Å². The second-order valence-electron chi connectivity index (χ2n) is 3.11. The minimum atomic E-state index is -3.24. The summed E-state index contributed by atoms with van der Waals surface area (Å²) in [6.45, 7) is 0.619. The molecule has 0 saturated carbocycles. The van der Waals surface area contributed by atoms with Crippen LogP contribution in [-0.4, -0.2) is 11.7 Å². The van der Waals surface area contributed by atoms with Gasteiger partial charge in [-0.3, -0.25) is 4.79 Å². The SMILES string of the molecule is CC(F)(F)C(=O)Cc1ccc(Br)cc1. The summed E-state index contributed by atoms with van der Waals surface area (Å²) in [7, 11) is 0. The van der Waals surface area contributed by atoms with Crippen molar-refractivity contribution in [2.75, 3.05) is 0 Å². The van der Waals surface area contributed by atoms with E-state index >= 15 is 0 Å². The smallest absolute Gasteiger partial charge is 0.293 e. The predicted molar refractivity (Wildman–Crippen MR) is 53.5 cm³/mol. The third kappa shape index (κ3) is 3.18. The molecule has 76 valence electrons. The lowest BCUT2D eigenvalue weighted by atomic mass is 10.1. The van der Waals surface area contributed by atoms with Crippen molar-refractivity contribution < 1.29 is 13.6 Å². The molecule has 1 aromatic rings. The highest BCUT2D eigenvalue weighted by molar-refractivity contribution is 9.10. The summed E-state index contributed by atoms with van der Waals surface area (Å²) in [6.07, 6.45) is -0.225. The molecule has 1 rings (SSSR count). The Labute approximate surface area is 89.3 Å². The van der Waals surface area contributed by atoms with Gasteiger partial charge < -0.3 is 0 Å². The van der Waals surface area contributed by atoms with Crippen LogP contribution in [0.15, 0.2) is 28.7 Å². The number of halogens is 3. The standard InChI is InChI=1S/C10H9BrF2O/c1-10(12,13)9(14)6-7-2-4-8(11)5-3-7/h2-5H,6H2,1H3. The van der Waals surface area contributed by atoms with E-state index in [-0.39, 0.29) is 6.42 Å². The Bertz CT molecular complexity index is 327. The van der Waals surface area contributed by atoms with Gasteiger partial charge in [0.25, 0.3) is 0 Å². The molecule has 0 heterocycles. The summed E-state index contributed by atoms with van der Waals surface area (Å²) in [6, 6.07) is 6.73. The van der Waals surface area contributed by atoms with Crippen LogP contribution in [0.2, 0.25) is 0 Å². The summed E-state index contributed by atoms with van der Waals surface area (Å²) in [5, 5.41) is 0. The van der Waals surface area contributed by atoms with Gasteiger partial charge in [0.05, 0.1) is 0 Å². The minimum Gasteiger partial charge on any atom is -0.293 e. The fourth-order valence-corrected chi connectivity index (χ4v) is 1.21. The molecule has 1 nitrogen and oxygen atoms in total. The first-order valence-corrected chi connectivity index (χ1v) is 4.84. The first-order chi connectivity index (χ1) is 6.39. The molecule has 0 bridgehead atoms. The highest BCUT2D eigenvalue weighted by Gasteiger charge is 2.31. The lowest BCUT2D eigenvalue weighted by molar-refractivity contribution is -0.139. The fourth-order valence-electron chi connectivity index (χ4n) is 0.943. The van der Waals surface area contributed by atoms with Crippen molar-refractivity contribution in [2.24, 2.45) is 0 Å². The van der Waals surface area contributed by atoms with E-state index in [0.29, 0.717) is 12.5 Å². The molecule has 0 atom stereocenters. The van der Waals surface area contributed by atoms with Gasteiger partial charge >= 0.3 is 5.92 Å². The van der Waals surface area contributed by atoms with Crippen LogP contribution in [0.25, 0.3) is 0 Å². The lowest BCUT2D eigenvalue weighted by Gasteiger charge is -2.08. The van der Waals surface area contributed by atoms with Crippen LogP contribution in [0.5, 0.6) is 0 Å². The number of alkyl halides is 2. The van der Waals surface area contributed by atoms with Gasteiger partial charge in [0.2, 0.25) is 5.78 Å². The summed E-state index contributed by atoms with van der Waals surface area (Å²) in [5.74, 6) is -4.30. The number of ketones is 1. The first kappa shape index (κ1) is 11.3. The number of carbonyl (C=O) groups is 1. The molecule has 0 radical (unpaired) electrons. The zero-order valence-electron chi connectivity index (χ0n) is 7.56. The van der Waals surface area contributed by atoms with E-state index in [1.54, 1.807) is 24.3 Å². The molecule has 1 aromatic carbocycles. The van der Waals surface area contributed by atoms with Crippen molar-refractivity contribution in [2.45, 2.75) is 19.3 Å². The molecule has 0 saturated heterocycles. The van der Waals surface area contributed by atoms with Crippen LogP contribution in [0.1, 0.15) is 12.5 Å². The Morgan fingerprint density at radius 1 is 1.36 bits per heavy atom. The molecule has 0 unspecified atom stereocenters. The molecule has 0 N–H and O–H groups in total. The Morgan fingerprint density at radius 3 is 2.29 bits per heavy atom. The number of Topliss-reactive ketones (excluding diaryl/α,β-unsaturated/α-hetero) is 1. The molecule has 0 spiro atoms. The van der Waals surface area contributed by atoms with E-state index in [0.717, 1.165) is 4.47 Å². The third-order valence-electron chi connectivity index (χ3n) is 1.77. The van der Waals surface area contributed by atoms with E-state index in [1.165, 1.54) is 0 Å². The van der Waals surface area contributed by atoms with Crippen molar-refractivity contribution in [3.8, 4) is 0 Å². The largest absolute Gasteiger partial charge is 0.302 e. The number of hydrogen-bond acceptors (Lipinski definition) is 1. The summed E-state index contributed by atoms with van der Waals surface area (Å²) < 4.78 is 25.9. The minimum absolute atomic E-state index is 0.225. The summed E-state index contributed by atoms with van der Waals surface area (Å²) in [5.41, 5.74) is 0.597. The van der Waals surface area contributed by atoms with Gasteiger partial charge in [0, 0.05) is 17.8 Å². The molecule has 14 heavy (non-hydrogen) atoms. The first-order valence-electron chi connectivity index (χ1n) is 4.05. The second-order valence-corrected chi connectivity index (χ2v) is 4.03. The van der Waals surface area contributed by atoms with Crippen molar-refractivity contribution >= 4 is 21.7 Å². The topological polar surface area (TPSA) is 17.1 Å². The predicted octanol–water partition coefficient (Wildman–Crippen LogP) is 3.22. The van der Waals surface area contributed by atoms with Gasteiger partial charge in [-0.25, -0.2) is 0 Å². The van der Waals surface area contributed by atoms with Gasteiger partial charge in [0.15, 0.2) is 0 Å². The van der Waals surface area contributed by atoms with E-state index in [9.17, 15) is 13.6 Å². The fraction of sp³-hybridized carbons (Fsp3) is 0.300. The van der Waals surface area contributed by atoms with E-state index in [2.05, 4.69) is 15.9 Å². The number of rotatable bonds is 3. The van der Waals surface area contributed by atoms with Crippen molar-refractivity contribution in [3.63, 3.8) is 0 Å². The van der Waals surface area contributed by atoms with E-state index in [1.807, 2.05) is 0 Å². The van der Waals surface area contributed by atoms with Crippen LogP contribution < -0.4 is 0 Å². The van der Waals surface area contributed by atoms with Crippen LogP contribution in [-0.2, 0) is 11.2 Å². The van der Waals surface area contributed by atoms with Gasteiger partial charge in [-0.15, -0.1) is 0 Å². The summed E-state index contributed by atoms with van der Waals surface area (Å²) in [4.78, 5) is 11.0. The van der Waals surface area contributed by atoms with Crippen molar-refractivity contribution in [1.29, 1.82) is 0 Å². The molecule has 0 aromatic heterocycles. The lowest BCUT2D eigenvalue weighted by Crippen LogP contribution is -2.26. The average Bonchev–Trinajstić information content (AvgIpc) is 2.07. The average molecular weight is 263 g/mol. The van der Waals surface area contributed by atoms with E-state index < -0.39 is 11.7 Å². The Kier molecular flexibility index (Phi) is 3.37. The van der Waals surface area contributed by atoms with Crippen molar-refractivity contribution in [3.05, 3.63) is 34.3 Å². The Morgan fingerprint density at radius 2 is 1.86 bits per heavy atom. The summed E-state index contributed by atoms with van der Waals surface area (Å²) >= 11 is 3.22. The third-order valence-corrected chi connectivity index (χ3v) is 2.30. The molecular formula is C10H9BrF2O. The second kappa shape index (κ2) is 4.17. The zero-order chi connectivity index (χ0) is 10.8. The molecule has 0 aliphatic carbocycles. The van der Waals surface area contributed by atoms with Crippen LogP contribution >= 0.6 is 15.9 Å². The van der Waals surface area contributed by atoms with Gasteiger partial charge in [-0.05, 0) is 17.7 Å². The van der Waals surface area contributed by atoms with E-state index in [4.69, 9.17) is 0 Å². The molecule has 0 amide bonds. The number of carbonyl (C=O) groups excluding carboxylic acids is 1. The maximum absolute atomic E-state index is 12.5. The maximum atomic E-state index is 12.5. The van der Waals surface area contributed by atoms with Gasteiger partial charge in [-0.2, -0.15) is 8.78 Å². The quantitative estimate of drug-likeness (QED) is 0.818. The number of benzene rings is 1. The zero-order valence-corrected chi connectivity index (χ0v) is 9.14. The highest BCUT2D eigenvalue weighted by Crippen LogP contribution is 2.17. The molecular weight excluding hydrogens is 254 g/mol.